The minimum absolute atomic E-state index is 0.186. The maximum atomic E-state index is 12.6. The van der Waals surface area contributed by atoms with Gasteiger partial charge in [0.2, 0.25) is 5.91 Å². The zero-order valence-corrected chi connectivity index (χ0v) is 19.1. The summed E-state index contributed by atoms with van der Waals surface area (Å²) in [6, 6.07) is 8.12. The zero-order chi connectivity index (χ0) is 23.4. The third-order valence-corrected chi connectivity index (χ3v) is 6.30. The summed E-state index contributed by atoms with van der Waals surface area (Å²) >= 11 is 1.30. The van der Waals surface area contributed by atoms with Gasteiger partial charge in [0, 0.05) is 18.8 Å². The molecular weight excluding hydrogens is 444 g/mol. The van der Waals surface area contributed by atoms with Crippen LogP contribution in [-0.2, 0) is 11.4 Å². The number of carbonyl (C=O) groups excluding carboxylic acids is 2. The number of hydrogen-bond acceptors (Lipinski definition) is 8. The molecule has 3 heterocycles. The van der Waals surface area contributed by atoms with E-state index < -0.39 is 11.9 Å². The first-order valence-electron chi connectivity index (χ1n) is 10.4. The van der Waals surface area contributed by atoms with Crippen LogP contribution in [0, 0.1) is 6.92 Å². The Kier molecular flexibility index (Phi) is 6.68. The van der Waals surface area contributed by atoms with Crippen molar-refractivity contribution in [3.8, 4) is 22.1 Å². The van der Waals surface area contributed by atoms with E-state index >= 15 is 0 Å². The monoisotopic (exact) mass is 468 g/mol. The zero-order valence-electron chi connectivity index (χ0n) is 18.3. The van der Waals surface area contributed by atoms with E-state index in [1.54, 1.807) is 25.4 Å². The number of primary amides is 1. The molecule has 0 aliphatic carbocycles. The van der Waals surface area contributed by atoms with E-state index in [0.29, 0.717) is 41.1 Å². The number of nitrogens with one attached hydrogen (secondary N) is 1. The Morgan fingerprint density at radius 3 is 2.88 bits per heavy atom. The number of urea groups is 1. The van der Waals surface area contributed by atoms with Crippen LogP contribution in [-0.4, -0.2) is 51.5 Å². The average molecular weight is 469 g/mol. The smallest absolute Gasteiger partial charge is 0.324 e. The van der Waals surface area contributed by atoms with Crippen LogP contribution in [0.3, 0.4) is 0 Å². The molecule has 1 aliphatic rings. The summed E-state index contributed by atoms with van der Waals surface area (Å²) in [5.41, 5.74) is 6.81. The van der Waals surface area contributed by atoms with Gasteiger partial charge in [0.05, 0.1) is 23.4 Å². The number of ether oxygens (including phenoxy) is 2. The predicted molar refractivity (Wildman–Crippen MR) is 123 cm³/mol. The molecule has 10 nitrogen and oxygen atoms in total. The number of rotatable bonds is 7. The van der Waals surface area contributed by atoms with Crippen molar-refractivity contribution >= 4 is 28.4 Å². The van der Waals surface area contributed by atoms with Gasteiger partial charge in [-0.2, -0.15) is 0 Å². The first-order valence-corrected chi connectivity index (χ1v) is 11.2. The van der Waals surface area contributed by atoms with Gasteiger partial charge in [-0.1, -0.05) is 17.4 Å². The van der Waals surface area contributed by atoms with Crippen molar-refractivity contribution in [2.24, 2.45) is 5.73 Å². The lowest BCUT2D eigenvalue weighted by Crippen LogP contribution is -2.45. The Balaban J connectivity index is 1.45. The molecule has 1 atom stereocenters. The van der Waals surface area contributed by atoms with E-state index in [1.165, 1.54) is 16.2 Å². The first-order chi connectivity index (χ1) is 15.9. The summed E-state index contributed by atoms with van der Waals surface area (Å²) < 4.78 is 11.0. The number of thiazole rings is 1. The number of benzene rings is 1. The van der Waals surface area contributed by atoms with Gasteiger partial charge in [0.25, 0.3) is 0 Å². The molecule has 1 aliphatic heterocycles. The summed E-state index contributed by atoms with van der Waals surface area (Å²) in [6.45, 7) is 2.52. The van der Waals surface area contributed by atoms with Crippen molar-refractivity contribution in [3.63, 3.8) is 0 Å². The third kappa shape index (κ3) is 5.20. The molecule has 172 valence electrons. The lowest BCUT2D eigenvalue weighted by atomic mass is 10.2. The summed E-state index contributed by atoms with van der Waals surface area (Å²) in [7, 11) is 1.60. The molecule has 0 spiro atoms. The van der Waals surface area contributed by atoms with Gasteiger partial charge in [-0.05, 0) is 38.0 Å². The predicted octanol–water partition coefficient (Wildman–Crippen LogP) is 2.98. The Morgan fingerprint density at radius 2 is 2.09 bits per heavy atom. The van der Waals surface area contributed by atoms with Crippen LogP contribution in [0.1, 0.15) is 24.4 Å². The average Bonchev–Trinajstić information content (AvgIpc) is 3.45. The topological polar surface area (TPSA) is 133 Å². The van der Waals surface area contributed by atoms with Crippen molar-refractivity contribution in [3.05, 3.63) is 48.0 Å². The minimum Gasteiger partial charge on any atom is -0.497 e. The third-order valence-electron chi connectivity index (χ3n) is 5.20. The SMILES string of the molecule is COc1cccc(OCc2nccc(-c3sc(NC(=O)N4CCC[C@H]4C(N)=O)nc3C)n2)c1. The van der Waals surface area contributed by atoms with E-state index in [9.17, 15) is 9.59 Å². The minimum atomic E-state index is -0.584. The van der Waals surface area contributed by atoms with Crippen LogP contribution in [0.15, 0.2) is 36.5 Å². The first kappa shape index (κ1) is 22.5. The highest BCUT2D eigenvalue weighted by molar-refractivity contribution is 7.19. The van der Waals surface area contributed by atoms with E-state index in [1.807, 2.05) is 25.1 Å². The largest absolute Gasteiger partial charge is 0.497 e. The fraction of sp³-hybridized carbons (Fsp3) is 0.318. The van der Waals surface area contributed by atoms with Crippen molar-refractivity contribution in [2.45, 2.75) is 32.4 Å². The molecule has 0 bridgehead atoms. The summed E-state index contributed by atoms with van der Waals surface area (Å²) in [6.07, 6.45) is 2.98. The second-order valence-corrected chi connectivity index (χ2v) is 8.44. The summed E-state index contributed by atoms with van der Waals surface area (Å²) in [5.74, 6) is 1.37. The van der Waals surface area contributed by atoms with Gasteiger partial charge in [0.1, 0.15) is 24.1 Å². The highest BCUT2D eigenvalue weighted by Crippen LogP contribution is 2.32. The molecule has 3 N–H and O–H groups in total. The number of nitrogens with zero attached hydrogens (tertiary/aromatic N) is 4. The lowest BCUT2D eigenvalue weighted by molar-refractivity contribution is -0.121. The number of methoxy groups -OCH3 is 1. The fourth-order valence-corrected chi connectivity index (χ4v) is 4.52. The molecule has 3 amide bonds. The van der Waals surface area contributed by atoms with Crippen LogP contribution in [0.2, 0.25) is 0 Å². The molecule has 4 rings (SSSR count). The molecular formula is C22H24N6O4S. The van der Waals surface area contributed by atoms with Crippen LogP contribution in [0.4, 0.5) is 9.93 Å². The van der Waals surface area contributed by atoms with Gasteiger partial charge in [0.15, 0.2) is 11.0 Å². The molecule has 0 unspecified atom stereocenters. The number of nitrogens with two attached hydrogens (primary N) is 1. The maximum Gasteiger partial charge on any atom is 0.324 e. The molecule has 0 radical (unpaired) electrons. The molecule has 0 saturated carbocycles. The van der Waals surface area contributed by atoms with Crippen LogP contribution < -0.4 is 20.5 Å². The quantitative estimate of drug-likeness (QED) is 0.545. The number of aromatic nitrogens is 3. The number of hydrogen-bond donors (Lipinski definition) is 2. The van der Waals surface area contributed by atoms with Crippen molar-refractivity contribution < 1.29 is 19.1 Å². The standard InChI is InChI=1S/C22H24N6O4S/c1-13-19(33-21(25-13)27-22(30)28-10-4-7-17(28)20(23)29)16-8-9-24-18(26-16)12-32-15-6-3-5-14(11-15)31-2/h3,5-6,8-9,11,17H,4,7,10,12H2,1-2H3,(H2,23,29)(H,25,27,30)/t17-/m0/s1. The Labute approximate surface area is 194 Å². The summed E-state index contributed by atoms with van der Waals surface area (Å²) in [4.78, 5) is 39.8. The van der Waals surface area contributed by atoms with Gasteiger partial charge in [-0.15, -0.1) is 0 Å². The van der Waals surface area contributed by atoms with E-state index in [4.69, 9.17) is 15.2 Å². The number of carbonyl (C=O) groups is 2. The number of aryl methyl sites for hydroxylation is 1. The van der Waals surface area contributed by atoms with Crippen LogP contribution >= 0.6 is 11.3 Å². The lowest BCUT2D eigenvalue weighted by Gasteiger charge is -2.21. The summed E-state index contributed by atoms with van der Waals surface area (Å²) in [5, 5.41) is 3.20. The van der Waals surface area contributed by atoms with Crippen molar-refractivity contribution in [1.29, 1.82) is 0 Å². The van der Waals surface area contributed by atoms with Gasteiger partial charge >= 0.3 is 6.03 Å². The molecule has 3 aromatic rings. The normalized spacial score (nSPS) is 15.3. The fourth-order valence-electron chi connectivity index (χ4n) is 3.59. The number of amides is 3. The van der Waals surface area contributed by atoms with Gasteiger partial charge < -0.3 is 20.1 Å². The van der Waals surface area contributed by atoms with E-state index in [0.717, 1.165) is 17.0 Å². The maximum absolute atomic E-state index is 12.6. The molecule has 33 heavy (non-hydrogen) atoms. The van der Waals surface area contributed by atoms with E-state index in [-0.39, 0.29) is 12.6 Å². The molecule has 11 heteroatoms. The number of likely N-dealkylation sites (tertiary alicyclic amines) is 1. The highest BCUT2D eigenvalue weighted by atomic mass is 32.1. The van der Waals surface area contributed by atoms with Crippen molar-refractivity contribution in [2.75, 3.05) is 19.0 Å². The number of anilines is 1. The van der Waals surface area contributed by atoms with Crippen molar-refractivity contribution in [1.82, 2.24) is 19.9 Å². The Hall–Kier alpha value is -3.73. The second-order valence-electron chi connectivity index (χ2n) is 7.44. The van der Waals surface area contributed by atoms with Gasteiger partial charge in [-0.3, -0.25) is 10.1 Å². The van der Waals surface area contributed by atoms with Crippen LogP contribution in [0.25, 0.3) is 10.6 Å². The molecule has 1 fully saturated rings. The Morgan fingerprint density at radius 1 is 1.27 bits per heavy atom. The van der Waals surface area contributed by atoms with Crippen LogP contribution in [0.5, 0.6) is 11.5 Å². The molecule has 2 aromatic heterocycles. The van der Waals surface area contributed by atoms with E-state index in [2.05, 4.69) is 20.3 Å². The highest BCUT2D eigenvalue weighted by Gasteiger charge is 2.33. The Bertz CT molecular complexity index is 1170. The van der Waals surface area contributed by atoms with Gasteiger partial charge in [-0.25, -0.2) is 19.7 Å². The molecule has 1 saturated heterocycles. The molecule has 1 aromatic carbocycles. The second kappa shape index (κ2) is 9.82.